The third-order valence-electron chi connectivity index (χ3n) is 14.8. The zero-order valence-corrected chi connectivity index (χ0v) is 40.5. The monoisotopic (exact) mass is 962 g/mol. The second-order valence-electron chi connectivity index (χ2n) is 20.7. The Morgan fingerprint density at radius 3 is 2.14 bits per heavy atom. The molecule has 1 saturated heterocycles. The van der Waals surface area contributed by atoms with Crippen LogP contribution in [-0.2, 0) is 52.3 Å². The zero-order chi connectivity index (χ0) is 50.3. The van der Waals surface area contributed by atoms with Gasteiger partial charge in [0.2, 0.25) is 6.10 Å². The van der Waals surface area contributed by atoms with Crippen LogP contribution < -0.4 is 10.8 Å². The molecule has 18 heteroatoms. The molecule has 4 fully saturated rings. The van der Waals surface area contributed by atoms with Gasteiger partial charge in [0.05, 0.1) is 18.1 Å². The summed E-state index contributed by atoms with van der Waals surface area (Å²) < 4.78 is 43.0. The molecule has 1 spiro atoms. The van der Waals surface area contributed by atoms with E-state index in [0.717, 1.165) is 0 Å². The van der Waals surface area contributed by atoms with Crippen molar-refractivity contribution in [3.05, 3.63) is 82.9 Å². The van der Waals surface area contributed by atoms with Gasteiger partial charge in [-0.1, -0.05) is 68.8 Å². The fourth-order valence-corrected chi connectivity index (χ4v) is 11.7. The minimum absolute atomic E-state index is 0.140. The maximum absolute atomic E-state index is 15.1. The number of ether oxygens (including phenoxy) is 7. The summed E-state index contributed by atoms with van der Waals surface area (Å²) in [7, 11) is 0. The molecular weight excluding hydrogens is 897 g/mol. The molecule has 1 amide bonds. The number of hydrogen-bond donors (Lipinski definition) is 5. The van der Waals surface area contributed by atoms with Crippen LogP contribution in [0, 0.1) is 22.7 Å². The quantitative estimate of drug-likeness (QED) is 0.0467. The Bertz CT molecular complexity index is 2300. The maximum Gasteiger partial charge on any atom is 0.408 e. The van der Waals surface area contributed by atoms with Crippen LogP contribution in [-0.4, -0.2) is 118 Å². The van der Waals surface area contributed by atoms with Gasteiger partial charge < -0.3 is 53.9 Å². The van der Waals surface area contributed by atoms with Crippen LogP contribution in [0.5, 0.6) is 0 Å². The molecular formula is C51H66N2O16. The van der Waals surface area contributed by atoms with Gasteiger partial charge in [0.15, 0.2) is 11.7 Å². The van der Waals surface area contributed by atoms with Gasteiger partial charge in [-0.3, -0.25) is 14.4 Å². The largest absolute Gasteiger partial charge is 0.455 e. The van der Waals surface area contributed by atoms with Gasteiger partial charge in [0.1, 0.15) is 41.7 Å². The van der Waals surface area contributed by atoms with Crippen LogP contribution in [0.2, 0.25) is 0 Å². The predicted molar refractivity (Wildman–Crippen MR) is 243 cm³/mol. The van der Waals surface area contributed by atoms with Gasteiger partial charge in [-0.25, -0.2) is 19.9 Å². The first kappa shape index (κ1) is 51.5. The Morgan fingerprint density at radius 1 is 0.884 bits per heavy atom. The number of rotatable bonds is 16. The van der Waals surface area contributed by atoms with Crippen molar-refractivity contribution in [2.45, 2.75) is 160 Å². The summed E-state index contributed by atoms with van der Waals surface area (Å²) in [6, 6.07) is 15.0. The molecule has 1 heterocycles. The van der Waals surface area contributed by atoms with E-state index in [1.54, 1.807) is 102 Å². The van der Waals surface area contributed by atoms with Crippen LogP contribution in [0.4, 0.5) is 4.79 Å². The lowest BCUT2D eigenvalue weighted by Gasteiger charge is -2.65. The molecule has 3 saturated carbocycles. The number of nitrogens with one attached hydrogen (secondary N) is 2. The smallest absolute Gasteiger partial charge is 0.408 e. The van der Waals surface area contributed by atoms with Crippen LogP contribution in [0.1, 0.15) is 122 Å². The third-order valence-corrected chi connectivity index (χ3v) is 14.8. The fourth-order valence-electron chi connectivity index (χ4n) is 11.7. The van der Waals surface area contributed by atoms with Crippen molar-refractivity contribution in [1.82, 2.24) is 10.8 Å². The first-order valence-corrected chi connectivity index (χ1v) is 23.7. The van der Waals surface area contributed by atoms with Crippen molar-refractivity contribution >= 4 is 35.9 Å². The molecule has 376 valence electrons. The first-order valence-electron chi connectivity index (χ1n) is 23.7. The van der Waals surface area contributed by atoms with E-state index >= 15 is 4.79 Å². The first-order chi connectivity index (χ1) is 32.5. The molecule has 7 rings (SSSR count). The highest BCUT2D eigenvalue weighted by Crippen LogP contribution is 2.76. The van der Waals surface area contributed by atoms with Gasteiger partial charge in [-0.05, 0) is 88.1 Å². The van der Waals surface area contributed by atoms with E-state index in [4.69, 9.17) is 38.4 Å². The van der Waals surface area contributed by atoms with Gasteiger partial charge in [-0.15, -0.1) is 0 Å². The summed E-state index contributed by atoms with van der Waals surface area (Å²) >= 11 is 0. The molecule has 1 unspecified atom stereocenters. The third kappa shape index (κ3) is 9.87. The zero-order valence-electron chi connectivity index (χ0n) is 40.5. The molecule has 0 aromatic heterocycles. The highest BCUT2D eigenvalue weighted by atomic mass is 16.6. The molecule has 0 radical (unpaired) electrons. The van der Waals surface area contributed by atoms with Crippen molar-refractivity contribution in [3.8, 4) is 0 Å². The fraction of sp³-hybridized carbons (Fsp3) is 0.608. The van der Waals surface area contributed by atoms with Crippen molar-refractivity contribution in [1.29, 1.82) is 0 Å². The van der Waals surface area contributed by atoms with E-state index in [2.05, 4.69) is 10.8 Å². The molecule has 2 aromatic rings. The SMILES string of the molecule is CC(=O)O[C@@H]1C2=C(C)[C@@H](OC(=O)[C@H](OC(=O)CCCCCNO)[C@@H](NC(=O)OC(C)(C)C)c3ccccc3)C[C@@](O)([C@@H](OC(=O)c3ccccc3)[C@@H]3[C@]4(OC(C)=O)CO[C@@H]4C[C@@H]4C[C@@]43C1O)C2(C)C. The van der Waals surface area contributed by atoms with Crippen LogP contribution >= 0.6 is 0 Å². The highest BCUT2D eigenvalue weighted by molar-refractivity contribution is 5.89. The molecule has 5 aliphatic rings. The van der Waals surface area contributed by atoms with Gasteiger partial charge in [0, 0.05) is 44.1 Å². The minimum atomic E-state index is -2.27. The lowest BCUT2D eigenvalue weighted by Crippen LogP contribution is -2.78. The number of hydroxylamine groups is 1. The normalized spacial score (nSPS) is 31.5. The van der Waals surface area contributed by atoms with Crippen molar-refractivity contribution in [2.24, 2.45) is 22.7 Å². The van der Waals surface area contributed by atoms with Gasteiger partial charge in [-0.2, -0.15) is 0 Å². The second kappa shape index (κ2) is 19.8. The number of carbonyl (C=O) groups is 6. The number of amides is 1. The van der Waals surface area contributed by atoms with Crippen LogP contribution in [0.3, 0.4) is 0 Å². The average Bonchev–Trinajstić information content (AvgIpc) is 4.01. The van der Waals surface area contributed by atoms with E-state index < -0.39 is 119 Å². The van der Waals surface area contributed by atoms with Crippen LogP contribution in [0.15, 0.2) is 71.8 Å². The molecule has 2 aromatic carbocycles. The highest BCUT2D eigenvalue weighted by Gasteiger charge is 2.84. The van der Waals surface area contributed by atoms with E-state index in [0.29, 0.717) is 44.2 Å². The number of esters is 5. The summed E-state index contributed by atoms with van der Waals surface area (Å²) in [4.78, 5) is 83.1. The Hall–Kier alpha value is -5.40. The van der Waals surface area contributed by atoms with Crippen molar-refractivity contribution < 1.29 is 77.3 Å². The summed E-state index contributed by atoms with van der Waals surface area (Å²) in [5, 5.41) is 38.7. The summed E-state index contributed by atoms with van der Waals surface area (Å²) in [5.41, 5.74) is -4.54. The molecule has 4 aliphatic carbocycles. The molecule has 1 aliphatic heterocycles. The number of benzene rings is 2. The number of fused-ring (bicyclic) bond motifs is 4. The maximum atomic E-state index is 15.1. The lowest BCUT2D eigenvalue weighted by atomic mass is 9.48. The number of aliphatic hydroxyl groups excluding tert-OH is 1. The standard InChI is InChI=1S/C51H66N2O16/c1-28-34(65-45(59)40(66-36(56)22-16-11-17-23-52-62)38(31-18-12-9-13-19-31)53-46(60)69-47(4,5)6)26-51(61)43(67-44(58)32-20-14-10-15-21-32)41-49(42(57)39(64-29(2)54)37(28)48(51,7)8)25-33(49)24-35-50(41,27-63-35)68-30(3)55/h9-10,12-15,18-21,33-35,38-43,52,57,61-62H,11,16-17,22-27H2,1-8H3,(H,53,60)/t33-,34+,35-,38+,39-,40-,41+,42?,43+,49-,50+,51-/m1/s1. The number of aliphatic hydroxyl groups is 2. The lowest BCUT2D eigenvalue weighted by molar-refractivity contribution is -0.335. The number of hydrogen-bond acceptors (Lipinski definition) is 17. The average molecular weight is 963 g/mol. The Kier molecular flexibility index (Phi) is 14.7. The van der Waals surface area contributed by atoms with E-state index in [9.17, 15) is 34.2 Å². The van der Waals surface area contributed by atoms with E-state index in [1.807, 2.05) is 0 Å². The molecule has 12 atom stereocenters. The number of carbonyl (C=O) groups excluding carboxylic acids is 6. The Labute approximate surface area is 401 Å². The molecule has 69 heavy (non-hydrogen) atoms. The van der Waals surface area contributed by atoms with Crippen molar-refractivity contribution in [3.63, 3.8) is 0 Å². The topological polar surface area (TPSA) is 252 Å². The Balaban J connectivity index is 1.37. The minimum Gasteiger partial charge on any atom is -0.455 e. The molecule has 18 nitrogen and oxygen atoms in total. The Morgan fingerprint density at radius 2 is 1.55 bits per heavy atom. The number of unbranched alkanes of at least 4 members (excludes halogenated alkanes) is 2. The summed E-state index contributed by atoms with van der Waals surface area (Å²) in [5.74, 6) is -5.68. The van der Waals surface area contributed by atoms with Crippen molar-refractivity contribution in [2.75, 3.05) is 13.2 Å². The molecule has 2 bridgehead atoms. The number of alkyl carbamates (subject to hydrolysis) is 1. The predicted octanol–water partition coefficient (Wildman–Crippen LogP) is 5.35. The van der Waals surface area contributed by atoms with Gasteiger partial charge in [0.25, 0.3) is 0 Å². The molecule has 5 N–H and O–H groups in total. The summed E-state index contributed by atoms with van der Waals surface area (Å²) in [6.45, 7) is 12.5. The van der Waals surface area contributed by atoms with Gasteiger partial charge >= 0.3 is 35.9 Å². The summed E-state index contributed by atoms with van der Waals surface area (Å²) in [6.07, 6.45) is -8.10. The van der Waals surface area contributed by atoms with E-state index in [-0.39, 0.29) is 35.7 Å². The van der Waals surface area contributed by atoms with E-state index in [1.165, 1.54) is 13.8 Å². The van der Waals surface area contributed by atoms with Crippen LogP contribution in [0.25, 0.3) is 0 Å². The second-order valence-corrected chi connectivity index (χ2v) is 20.7.